The van der Waals surface area contributed by atoms with Crippen LogP contribution < -0.4 is 0 Å². The second-order valence-electron chi connectivity index (χ2n) is 7.06. The summed E-state index contributed by atoms with van der Waals surface area (Å²) in [6.45, 7) is 4.71. The van der Waals surface area contributed by atoms with Crippen LogP contribution in [0.4, 0.5) is 4.79 Å². The largest absolute Gasteiger partial charge is 0.444 e. The highest BCUT2D eigenvalue weighted by atomic mass is 16.6. The molecule has 1 saturated heterocycles. The minimum atomic E-state index is -2.12. The van der Waals surface area contributed by atoms with Crippen molar-refractivity contribution in [3.8, 4) is 0 Å². The van der Waals surface area contributed by atoms with Gasteiger partial charge in [0.25, 0.3) is 0 Å². The van der Waals surface area contributed by atoms with Gasteiger partial charge in [0, 0.05) is 22.6 Å². The van der Waals surface area contributed by atoms with Gasteiger partial charge in [-0.2, -0.15) is 5.10 Å². The number of aromatic nitrogens is 2. The van der Waals surface area contributed by atoms with Crippen molar-refractivity contribution >= 4 is 17.0 Å². The zero-order valence-corrected chi connectivity index (χ0v) is 13.9. The average Bonchev–Trinajstić information content (AvgIpc) is 2.95. The van der Waals surface area contributed by atoms with E-state index < -0.39 is 12.5 Å². The first-order valence-electron chi connectivity index (χ1n) is 9.50. The molecule has 23 heavy (non-hydrogen) atoms. The van der Waals surface area contributed by atoms with Gasteiger partial charge in [-0.1, -0.05) is 11.6 Å². The number of ether oxygens (including phenoxy) is 1. The van der Waals surface area contributed by atoms with Crippen LogP contribution in [0.3, 0.4) is 0 Å². The van der Waals surface area contributed by atoms with Gasteiger partial charge in [0.05, 0.1) is 17.8 Å². The lowest BCUT2D eigenvalue weighted by Gasteiger charge is -2.33. The molecule has 0 bridgehead atoms. The maximum absolute atomic E-state index is 12.2. The smallest absolute Gasteiger partial charge is 0.410 e. The highest BCUT2D eigenvalue weighted by Gasteiger charge is 2.28. The summed E-state index contributed by atoms with van der Waals surface area (Å²) < 4.78 is 30.0. The third-order valence-electron chi connectivity index (χ3n) is 4.06. The van der Waals surface area contributed by atoms with Crippen molar-refractivity contribution in [3.63, 3.8) is 0 Å². The van der Waals surface area contributed by atoms with Gasteiger partial charge in [-0.05, 0) is 52.6 Å². The molecule has 2 heterocycles. The van der Waals surface area contributed by atoms with E-state index in [9.17, 15) is 4.79 Å². The normalized spacial score (nSPS) is 19.3. The molecule has 1 aromatic carbocycles. The predicted molar refractivity (Wildman–Crippen MR) is 90.5 cm³/mol. The number of nitrogens with zero attached hydrogens (tertiary/aromatic N) is 3. The van der Waals surface area contributed by atoms with E-state index in [0.29, 0.717) is 18.7 Å². The fourth-order valence-electron chi connectivity index (χ4n) is 2.96. The highest BCUT2D eigenvalue weighted by molar-refractivity contribution is 5.79. The van der Waals surface area contributed by atoms with Gasteiger partial charge in [0.15, 0.2) is 0 Å². The Balaban J connectivity index is 1.71. The molecule has 0 N–H and O–H groups in total. The number of hydrogen-bond donors (Lipinski definition) is 0. The second kappa shape index (κ2) is 5.87. The maximum Gasteiger partial charge on any atom is 0.410 e. The molecule has 0 saturated carbocycles. The second-order valence-corrected chi connectivity index (χ2v) is 7.06. The van der Waals surface area contributed by atoms with E-state index in [1.165, 1.54) is 0 Å². The summed E-state index contributed by atoms with van der Waals surface area (Å²) in [4.78, 5) is 13.9. The summed E-state index contributed by atoms with van der Waals surface area (Å²) in [6, 6.07) is 5.33. The summed E-state index contributed by atoms with van der Waals surface area (Å²) in [6.07, 6.45) is 3.02. The lowest BCUT2D eigenvalue weighted by Crippen LogP contribution is -2.42. The van der Waals surface area contributed by atoms with Crippen LogP contribution in [-0.2, 0) is 4.74 Å². The lowest BCUT2D eigenvalue weighted by molar-refractivity contribution is 0.0186. The van der Waals surface area contributed by atoms with Crippen molar-refractivity contribution in [2.24, 2.45) is 0 Å². The van der Waals surface area contributed by atoms with Crippen LogP contribution in [0.5, 0.6) is 0 Å². The Bertz CT molecular complexity index is 800. The van der Waals surface area contributed by atoms with Crippen molar-refractivity contribution in [1.29, 1.82) is 0 Å². The Morgan fingerprint density at radius 2 is 2.09 bits per heavy atom. The van der Waals surface area contributed by atoms with Crippen LogP contribution >= 0.6 is 0 Å². The van der Waals surface area contributed by atoms with E-state index in [0.717, 1.165) is 23.7 Å². The summed E-state index contributed by atoms with van der Waals surface area (Å²) in [5, 5.41) is 5.30. The summed E-state index contributed by atoms with van der Waals surface area (Å²) in [5.41, 5.74) is 0.755. The summed E-state index contributed by atoms with van der Waals surface area (Å²) >= 11 is 0. The number of amides is 1. The minimum absolute atomic E-state index is 0.185. The number of aryl methyl sites for hydroxylation is 1. The Morgan fingerprint density at radius 1 is 1.35 bits per heavy atom. The van der Waals surface area contributed by atoms with E-state index >= 15 is 0 Å². The van der Waals surface area contributed by atoms with Gasteiger partial charge in [-0.25, -0.2) is 4.79 Å². The Morgan fingerprint density at radius 3 is 2.74 bits per heavy atom. The molecule has 1 aliphatic rings. The molecule has 1 aromatic heterocycles. The highest BCUT2D eigenvalue weighted by Crippen LogP contribution is 2.27. The number of carbonyl (C=O) groups excluding carboxylic acids is 1. The van der Waals surface area contributed by atoms with E-state index in [1.807, 2.05) is 31.5 Å². The third-order valence-corrected chi connectivity index (χ3v) is 4.06. The SMILES string of the molecule is [2H]C([2H])([2H])c1ccc2c(cnn2C2CCN(C(=O)OC(C)(C)C)CC2)c1. The molecule has 0 aliphatic carbocycles. The molecule has 0 radical (unpaired) electrons. The zero-order valence-electron chi connectivity index (χ0n) is 16.9. The first-order chi connectivity index (χ1) is 12.0. The van der Waals surface area contributed by atoms with Gasteiger partial charge in [0.1, 0.15) is 5.60 Å². The first kappa shape index (κ1) is 12.4. The lowest BCUT2D eigenvalue weighted by atomic mass is 10.1. The zero-order chi connectivity index (χ0) is 19.1. The Labute approximate surface area is 141 Å². The topological polar surface area (TPSA) is 47.4 Å². The fourth-order valence-corrected chi connectivity index (χ4v) is 2.96. The molecule has 0 unspecified atom stereocenters. The van der Waals surface area contributed by atoms with Crippen molar-refractivity contribution < 1.29 is 13.6 Å². The Kier molecular flexibility index (Phi) is 3.16. The molecule has 3 rings (SSSR count). The van der Waals surface area contributed by atoms with Gasteiger partial charge in [0.2, 0.25) is 0 Å². The molecule has 5 nitrogen and oxygen atoms in total. The summed E-state index contributed by atoms with van der Waals surface area (Å²) in [7, 11) is 0. The van der Waals surface area contributed by atoms with Crippen molar-refractivity contribution in [2.75, 3.05) is 13.1 Å². The molecular formula is C18H25N3O2. The molecule has 0 spiro atoms. The average molecular weight is 318 g/mol. The number of benzene rings is 1. The molecule has 5 heteroatoms. The number of piperidine rings is 1. The minimum Gasteiger partial charge on any atom is -0.444 e. The Hall–Kier alpha value is -2.04. The van der Waals surface area contributed by atoms with E-state index in [1.54, 1.807) is 23.2 Å². The monoisotopic (exact) mass is 318 g/mol. The first-order valence-corrected chi connectivity index (χ1v) is 8.00. The van der Waals surface area contributed by atoms with Gasteiger partial charge in [-0.3, -0.25) is 4.68 Å². The number of fused-ring (bicyclic) bond motifs is 1. The van der Waals surface area contributed by atoms with Gasteiger partial charge in [-0.15, -0.1) is 0 Å². The van der Waals surface area contributed by atoms with Crippen LogP contribution in [0.25, 0.3) is 10.9 Å². The van der Waals surface area contributed by atoms with Crippen LogP contribution in [0.1, 0.15) is 49.3 Å². The summed E-state index contributed by atoms with van der Waals surface area (Å²) in [5.74, 6) is 0. The molecule has 0 atom stereocenters. The van der Waals surface area contributed by atoms with Crippen molar-refractivity contribution in [1.82, 2.24) is 14.7 Å². The third kappa shape index (κ3) is 3.49. The molecule has 2 aromatic rings. The molecule has 1 aliphatic heterocycles. The molecule has 124 valence electrons. The van der Waals surface area contributed by atoms with Crippen LogP contribution in [0, 0.1) is 6.85 Å². The molecular weight excluding hydrogens is 290 g/mol. The van der Waals surface area contributed by atoms with E-state index in [-0.39, 0.29) is 12.1 Å². The molecule has 1 fully saturated rings. The van der Waals surface area contributed by atoms with Gasteiger partial charge >= 0.3 is 6.09 Å². The van der Waals surface area contributed by atoms with Gasteiger partial charge < -0.3 is 9.64 Å². The number of rotatable bonds is 1. The van der Waals surface area contributed by atoms with Crippen LogP contribution in [0.15, 0.2) is 24.4 Å². The maximum atomic E-state index is 12.2. The number of carbonyl (C=O) groups is 1. The quantitative estimate of drug-likeness (QED) is 0.801. The number of likely N-dealkylation sites (tertiary alicyclic amines) is 1. The van der Waals surface area contributed by atoms with Crippen LogP contribution in [0.2, 0.25) is 0 Å². The van der Waals surface area contributed by atoms with Crippen molar-refractivity contribution in [3.05, 3.63) is 30.0 Å². The van der Waals surface area contributed by atoms with E-state index in [2.05, 4.69) is 5.10 Å². The van der Waals surface area contributed by atoms with E-state index in [4.69, 9.17) is 8.85 Å². The van der Waals surface area contributed by atoms with Crippen LogP contribution in [-0.4, -0.2) is 39.5 Å². The molecule has 1 amide bonds. The fraction of sp³-hybridized carbons (Fsp3) is 0.556. The number of hydrogen-bond acceptors (Lipinski definition) is 3. The standard InChI is InChI=1S/C18H25N3O2/c1-13-5-6-16-14(11-13)12-19-21(16)15-7-9-20(10-8-15)17(22)23-18(2,3)4/h5-6,11-12,15H,7-10H2,1-4H3/i1D3. The van der Waals surface area contributed by atoms with Crippen molar-refractivity contribution in [2.45, 2.75) is 52.1 Å². The predicted octanol–water partition coefficient (Wildman–Crippen LogP) is 3.92.